The first kappa shape index (κ1) is 13.5. The number of hydrogen-bond acceptors (Lipinski definition) is 4. The third-order valence-electron chi connectivity index (χ3n) is 3.73. The molecule has 1 fully saturated rings. The molecule has 2 rings (SSSR count). The van der Waals surface area contributed by atoms with Gasteiger partial charge in [-0.3, -0.25) is 0 Å². The molecule has 1 aliphatic rings. The Labute approximate surface area is 108 Å². The SMILES string of the molecule is CC1COCCC1C(O)Cc1ncnn1C(C)C. The Kier molecular flexibility index (Phi) is 4.35. The van der Waals surface area contributed by atoms with Crippen molar-refractivity contribution in [2.75, 3.05) is 13.2 Å². The van der Waals surface area contributed by atoms with Crippen molar-refractivity contribution in [3.63, 3.8) is 0 Å². The summed E-state index contributed by atoms with van der Waals surface area (Å²) in [7, 11) is 0. The van der Waals surface area contributed by atoms with E-state index in [1.54, 1.807) is 6.33 Å². The standard InChI is InChI=1S/C13H23N3O2/c1-9(2)16-13(14-8-15-16)6-12(17)11-4-5-18-7-10(11)3/h8-12,17H,4-7H2,1-3H3. The number of rotatable bonds is 4. The summed E-state index contributed by atoms with van der Waals surface area (Å²) < 4.78 is 7.30. The van der Waals surface area contributed by atoms with E-state index in [9.17, 15) is 5.11 Å². The van der Waals surface area contributed by atoms with Gasteiger partial charge in [0.2, 0.25) is 0 Å². The maximum atomic E-state index is 10.4. The van der Waals surface area contributed by atoms with E-state index in [0.29, 0.717) is 18.3 Å². The van der Waals surface area contributed by atoms with Crippen molar-refractivity contribution in [3.8, 4) is 0 Å². The van der Waals surface area contributed by atoms with Crippen molar-refractivity contribution >= 4 is 0 Å². The number of aromatic nitrogens is 3. The Balaban J connectivity index is 2.01. The molecule has 18 heavy (non-hydrogen) atoms. The quantitative estimate of drug-likeness (QED) is 0.882. The minimum atomic E-state index is -0.356. The van der Waals surface area contributed by atoms with Gasteiger partial charge in [-0.1, -0.05) is 6.92 Å². The van der Waals surface area contributed by atoms with Crippen molar-refractivity contribution in [2.45, 2.75) is 45.8 Å². The monoisotopic (exact) mass is 253 g/mol. The van der Waals surface area contributed by atoms with Gasteiger partial charge in [0, 0.05) is 25.7 Å². The molecule has 0 bridgehead atoms. The Hall–Kier alpha value is -0.940. The van der Waals surface area contributed by atoms with Crippen LogP contribution < -0.4 is 0 Å². The molecule has 1 aromatic rings. The molecule has 0 amide bonds. The summed E-state index contributed by atoms with van der Waals surface area (Å²) in [5.74, 6) is 1.58. The lowest BCUT2D eigenvalue weighted by molar-refractivity contribution is -0.0303. The number of nitrogens with zero attached hydrogens (tertiary/aromatic N) is 3. The van der Waals surface area contributed by atoms with Crippen LogP contribution in [0.25, 0.3) is 0 Å². The van der Waals surface area contributed by atoms with Gasteiger partial charge in [-0.05, 0) is 32.1 Å². The van der Waals surface area contributed by atoms with E-state index in [0.717, 1.165) is 25.5 Å². The molecule has 0 aromatic carbocycles. The highest BCUT2D eigenvalue weighted by Gasteiger charge is 2.29. The zero-order chi connectivity index (χ0) is 13.1. The van der Waals surface area contributed by atoms with Crippen molar-refractivity contribution in [3.05, 3.63) is 12.2 Å². The van der Waals surface area contributed by atoms with Gasteiger partial charge in [0.15, 0.2) is 0 Å². The van der Waals surface area contributed by atoms with Crippen molar-refractivity contribution < 1.29 is 9.84 Å². The molecule has 3 atom stereocenters. The molecule has 5 nitrogen and oxygen atoms in total. The zero-order valence-electron chi connectivity index (χ0n) is 11.4. The number of aliphatic hydroxyl groups is 1. The molecular weight excluding hydrogens is 230 g/mol. The normalized spacial score (nSPS) is 26.5. The van der Waals surface area contributed by atoms with Gasteiger partial charge in [-0.25, -0.2) is 9.67 Å². The topological polar surface area (TPSA) is 60.2 Å². The maximum Gasteiger partial charge on any atom is 0.138 e. The highest BCUT2D eigenvalue weighted by Crippen LogP contribution is 2.26. The molecule has 1 N–H and O–H groups in total. The highest BCUT2D eigenvalue weighted by atomic mass is 16.5. The first-order valence-corrected chi connectivity index (χ1v) is 6.73. The molecule has 0 aliphatic carbocycles. The molecule has 0 radical (unpaired) electrons. The van der Waals surface area contributed by atoms with E-state index in [2.05, 4.69) is 30.9 Å². The van der Waals surface area contributed by atoms with Crippen LogP contribution in [-0.2, 0) is 11.2 Å². The zero-order valence-corrected chi connectivity index (χ0v) is 11.4. The van der Waals surface area contributed by atoms with E-state index < -0.39 is 0 Å². The molecule has 1 aromatic heterocycles. The van der Waals surface area contributed by atoms with Crippen LogP contribution >= 0.6 is 0 Å². The predicted octanol–water partition coefficient (Wildman–Crippen LogP) is 1.43. The molecule has 5 heteroatoms. The average molecular weight is 253 g/mol. The van der Waals surface area contributed by atoms with Crippen LogP contribution in [0.3, 0.4) is 0 Å². The number of ether oxygens (including phenoxy) is 1. The summed E-state index contributed by atoms with van der Waals surface area (Å²) >= 11 is 0. The van der Waals surface area contributed by atoms with Gasteiger partial charge in [0.1, 0.15) is 12.2 Å². The van der Waals surface area contributed by atoms with Gasteiger partial charge in [-0.15, -0.1) is 0 Å². The smallest absolute Gasteiger partial charge is 0.138 e. The third-order valence-corrected chi connectivity index (χ3v) is 3.73. The van der Waals surface area contributed by atoms with Crippen molar-refractivity contribution in [2.24, 2.45) is 11.8 Å². The fourth-order valence-electron chi connectivity index (χ4n) is 2.66. The molecule has 0 saturated carbocycles. The Morgan fingerprint density at radius 1 is 1.56 bits per heavy atom. The average Bonchev–Trinajstić information content (AvgIpc) is 2.77. The van der Waals surface area contributed by atoms with Gasteiger partial charge in [-0.2, -0.15) is 5.10 Å². The van der Waals surface area contributed by atoms with E-state index >= 15 is 0 Å². The second-order valence-corrected chi connectivity index (χ2v) is 5.49. The largest absolute Gasteiger partial charge is 0.392 e. The van der Waals surface area contributed by atoms with Gasteiger partial charge in [0.25, 0.3) is 0 Å². The maximum absolute atomic E-state index is 10.4. The lowest BCUT2D eigenvalue weighted by atomic mass is 9.84. The van der Waals surface area contributed by atoms with E-state index in [-0.39, 0.29) is 12.1 Å². The van der Waals surface area contributed by atoms with Crippen molar-refractivity contribution in [1.82, 2.24) is 14.8 Å². The number of hydrogen-bond donors (Lipinski definition) is 1. The minimum absolute atomic E-state index is 0.279. The summed E-state index contributed by atoms with van der Waals surface area (Å²) in [4.78, 5) is 4.26. The predicted molar refractivity (Wildman–Crippen MR) is 68.2 cm³/mol. The fraction of sp³-hybridized carbons (Fsp3) is 0.846. The van der Waals surface area contributed by atoms with Crippen LogP contribution in [0.1, 0.15) is 39.1 Å². The molecule has 1 saturated heterocycles. The van der Waals surface area contributed by atoms with E-state index in [1.165, 1.54) is 0 Å². The van der Waals surface area contributed by atoms with Crippen LogP contribution in [0.4, 0.5) is 0 Å². The number of aliphatic hydroxyl groups excluding tert-OH is 1. The third kappa shape index (κ3) is 2.90. The van der Waals surface area contributed by atoms with Gasteiger partial charge >= 0.3 is 0 Å². The van der Waals surface area contributed by atoms with Crippen LogP contribution in [0, 0.1) is 11.8 Å². The minimum Gasteiger partial charge on any atom is -0.392 e. The fourth-order valence-corrected chi connectivity index (χ4v) is 2.66. The lowest BCUT2D eigenvalue weighted by Gasteiger charge is -2.32. The van der Waals surface area contributed by atoms with Crippen LogP contribution in [0.5, 0.6) is 0 Å². The summed E-state index contributed by atoms with van der Waals surface area (Å²) in [5.41, 5.74) is 0. The summed E-state index contributed by atoms with van der Waals surface area (Å²) in [6.45, 7) is 7.78. The molecule has 3 unspecified atom stereocenters. The summed E-state index contributed by atoms with van der Waals surface area (Å²) in [6, 6.07) is 0.279. The van der Waals surface area contributed by atoms with E-state index in [4.69, 9.17) is 4.74 Å². The molecule has 1 aliphatic heterocycles. The van der Waals surface area contributed by atoms with Gasteiger partial charge in [0.05, 0.1) is 6.10 Å². The molecule has 102 valence electrons. The van der Waals surface area contributed by atoms with Crippen LogP contribution in [0.2, 0.25) is 0 Å². The van der Waals surface area contributed by atoms with Crippen LogP contribution in [-0.4, -0.2) is 39.2 Å². The van der Waals surface area contributed by atoms with Crippen LogP contribution in [0.15, 0.2) is 6.33 Å². The highest BCUT2D eigenvalue weighted by molar-refractivity contribution is 4.92. The lowest BCUT2D eigenvalue weighted by Crippen LogP contribution is -2.36. The van der Waals surface area contributed by atoms with E-state index in [1.807, 2.05) is 4.68 Å². The first-order valence-electron chi connectivity index (χ1n) is 6.73. The molecule has 2 heterocycles. The molecule has 0 spiro atoms. The second kappa shape index (κ2) is 5.80. The van der Waals surface area contributed by atoms with Crippen molar-refractivity contribution in [1.29, 1.82) is 0 Å². The molecular formula is C13H23N3O2. The summed E-state index contributed by atoms with van der Waals surface area (Å²) in [6.07, 6.45) is 2.71. The Bertz CT molecular complexity index is 378. The van der Waals surface area contributed by atoms with Gasteiger partial charge < -0.3 is 9.84 Å². The second-order valence-electron chi connectivity index (χ2n) is 5.49. The summed E-state index contributed by atoms with van der Waals surface area (Å²) in [5, 5.41) is 14.6. The Morgan fingerprint density at radius 3 is 3.00 bits per heavy atom. The Morgan fingerprint density at radius 2 is 2.33 bits per heavy atom. The first-order chi connectivity index (χ1) is 8.59.